The van der Waals surface area contributed by atoms with Gasteiger partial charge in [0, 0.05) is 24.9 Å². The summed E-state index contributed by atoms with van der Waals surface area (Å²) in [6, 6.07) is 3.92. The summed E-state index contributed by atoms with van der Waals surface area (Å²) in [5.74, 6) is 0.783. The van der Waals surface area contributed by atoms with Gasteiger partial charge in [0.1, 0.15) is 6.10 Å². The van der Waals surface area contributed by atoms with Crippen molar-refractivity contribution in [1.82, 2.24) is 14.6 Å². The van der Waals surface area contributed by atoms with Crippen molar-refractivity contribution in [2.24, 2.45) is 5.73 Å². The maximum atomic E-state index is 5.70. The molecule has 0 spiro atoms. The first-order valence-electron chi connectivity index (χ1n) is 6.04. The molecular formula is C12H16N4O. The fraction of sp³-hybridized carbons (Fsp3) is 0.500. The molecule has 1 saturated heterocycles. The fourth-order valence-electron chi connectivity index (χ4n) is 2.22. The summed E-state index contributed by atoms with van der Waals surface area (Å²) in [4.78, 5) is 4.55. The van der Waals surface area contributed by atoms with Gasteiger partial charge in [-0.2, -0.15) is 0 Å². The zero-order chi connectivity index (χ0) is 11.7. The van der Waals surface area contributed by atoms with Crippen molar-refractivity contribution >= 4 is 5.65 Å². The summed E-state index contributed by atoms with van der Waals surface area (Å²) in [5.41, 5.74) is 7.55. The van der Waals surface area contributed by atoms with Crippen molar-refractivity contribution in [3.63, 3.8) is 0 Å². The van der Waals surface area contributed by atoms with Crippen LogP contribution >= 0.6 is 0 Å². The van der Waals surface area contributed by atoms with E-state index in [1.165, 1.54) is 6.42 Å². The first-order chi connectivity index (χ1) is 8.38. The Kier molecular flexibility index (Phi) is 2.78. The standard InChI is InChI=1S/C12H16N4O/c13-8-9-4-3-6-16-12(9)14-11(15-16)10-5-1-2-7-17-10/h3-4,6,10H,1-2,5,7-8,13H2. The number of hydrogen-bond donors (Lipinski definition) is 1. The quantitative estimate of drug-likeness (QED) is 0.850. The minimum atomic E-state index is 0.0503. The van der Waals surface area contributed by atoms with E-state index in [0.717, 1.165) is 36.5 Å². The maximum Gasteiger partial charge on any atom is 0.180 e. The average molecular weight is 232 g/mol. The van der Waals surface area contributed by atoms with Gasteiger partial charge < -0.3 is 10.5 Å². The van der Waals surface area contributed by atoms with Crippen molar-refractivity contribution in [1.29, 1.82) is 0 Å². The molecule has 0 amide bonds. The summed E-state index contributed by atoms with van der Waals surface area (Å²) < 4.78 is 7.48. The maximum absolute atomic E-state index is 5.70. The van der Waals surface area contributed by atoms with Crippen LogP contribution in [0.2, 0.25) is 0 Å². The summed E-state index contributed by atoms with van der Waals surface area (Å²) in [6.45, 7) is 1.29. The largest absolute Gasteiger partial charge is 0.370 e. The summed E-state index contributed by atoms with van der Waals surface area (Å²) in [7, 11) is 0. The highest BCUT2D eigenvalue weighted by atomic mass is 16.5. The first kappa shape index (κ1) is 10.7. The number of nitrogens with zero attached hydrogens (tertiary/aromatic N) is 3. The number of nitrogens with two attached hydrogens (primary N) is 1. The number of hydrogen-bond acceptors (Lipinski definition) is 4. The van der Waals surface area contributed by atoms with Crippen LogP contribution in [-0.4, -0.2) is 21.2 Å². The van der Waals surface area contributed by atoms with E-state index in [-0.39, 0.29) is 6.10 Å². The molecule has 0 aromatic carbocycles. The number of aromatic nitrogens is 3. The fourth-order valence-corrected chi connectivity index (χ4v) is 2.22. The third kappa shape index (κ3) is 1.92. The molecule has 0 radical (unpaired) electrons. The van der Waals surface area contributed by atoms with Gasteiger partial charge in [-0.05, 0) is 25.3 Å². The molecule has 0 saturated carbocycles. The lowest BCUT2D eigenvalue weighted by atomic mass is 10.1. The topological polar surface area (TPSA) is 65.4 Å². The van der Waals surface area contributed by atoms with Crippen molar-refractivity contribution in [3.8, 4) is 0 Å². The Hall–Kier alpha value is -1.46. The Labute approximate surface area is 99.6 Å². The van der Waals surface area contributed by atoms with Crippen molar-refractivity contribution < 1.29 is 4.74 Å². The molecule has 2 aromatic rings. The Morgan fingerprint density at radius 3 is 3.18 bits per heavy atom. The Morgan fingerprint density at radius 1 is 1.47 bits per heavy atom. The molecule has 2 aromatic heterocycles. The highest BCUT2D eigenvalue weighted by molar-refractivity contribution is 5.46. The number of ether oxygens (including phenoxy) is 1. The van der Waals surface area contributed by atoms with Gasteiger partial charge in [-0.25, -0.2) is 9.50 Å². The van der Waals surface area contributed by atoms with E-state index in [4.69, 9.17) is 10.5 Å². The van der Waals surface area contributed by atoms with Crippen LogP contribution in [0.3, 0.4) is 0 Å². The van der Waals surface area contributed by atoms with Crippen LogP contribution in [0.1, 0.15) is 36.8 Å². The van der Waals surface area contributed by atoms with E-state index in [1.807, 2.05) is 18.3 Å². The minimum Gasteiger partial charge on any atom is -0.370 e. The second kappa shape index (κ2) is 4.43. The van der Waals surface area contributed by atoms with Crippen LogP contribution in [0.25, 0.3) is 5.65 Å². The van der Waals surface area contributed by atoms with Crippen molar-refractivity contribution in [2.45, 2.75) is 31.9 Å². The van der Waals surface area contributed by atoms with Crippen molar-refractivity contribution in [3.05, 3.63) is 29.7 Å². The van der Waals surface area contributed by atoms with Crippen LogP contribution in [0.4, 0.5) is 0 Å². The molecule has 17 heavy (non-hydrogen) atoms. The number of pyridine rings is 1. The summed E-state index contributed by atoms with van der Waals surface area (Å²) >= 11 is 0. The molecule has 3 heterocycles. The van der Waals surface area contributed by atoms with Crippen LogP contribution in [0, 0.1) is 0 Å². The zero-order valence-corrected chi connectivity index (χ0v) is 9.67. The normalized spacial score (nSPS) is 20.9. The molecule has 5 heteroatoms. The molecule has 2 N–H and O–H groups in total. The molecule has 1 aliphatic rings. The third-order valence-electron chi connectivity index (χ3n) is 3.15. The first-order valence-corrected chi connectivity index (χ1v) is 6.04. The number of fused-ring (bicyclic) bond motifs is 1. The van der Waals surface area contributed by atoms with Crippen LogP contribution in [0.5, 0.6) is 0 Å². The molecular weight excluding hydrogens is 216 g/mol. The van der Waals surface area contributed by atoms with Crippen molar-refractivity contribution in [2.75, 3.05) is 6.61 Å². The van der Waals surface area contributed by atoms with Gasteiger partial charge in [0.25, 0.3) is 0 Å². The lowest BCUT2D eigenvalue weighted by molar-refractivity contribution is 0.00961. The molecule has 1 fully saturated rings. The lowest BCUT2D eigenvalue weighted by Crippen LogP contribution is -2.12. The van der Waals surface area contributed by atoms with E-state index in [0.29, 0.717) is 6.54 Å². The summed E-state index contributed by atoms with van der Waals surface area (Å²) in [5, 5.41) is 4.47. The Bertz CT molecular complexity index is 516. The zero-order valence-electron chi connectivity index (χ0n) is 9.67. The molecule has 5 nitrogen and oxygen atoms in total. The third-order valence-corrected chi connectivity index (χ3v) is 3.15. The molecule has 1 atom stereocenters. The molecule has 1 aliphatic heterocycles. The molecule has 0 aliphatic carbocycles. The van der Waals surface area contributed by atoms with Crippen LogP contribution in [0.15, 0.2) is 18.3 Å². The highest BCUT2D eigenvalue weighted by Crippen LogP contribution is 2.26. The van der Waals surface area contributed by atoms with Gasteiger partial charge >= 0.3 is 0 Å². The van der Waals surface area contributed by atoms with Crippen LogP contribution in [-0.2, 0) is 11.3 Å². The van der Waals surface area contributed by atoms with E-state index >= 15 is 0 Å². The van der Waals surface area contributed by atoms with Gasteiger partial charge in [-0.15, -0.1) is 5.10 Å². The predicted octanol–water partition coefficient (Wildman–Crippen LogP) is 1.43. The second-order valence-corrected chi connectivity index (χ2v) is 4.33. The van der Waals surface area contributed by atoms with Gasteiger partial charge in [0.15, 0.2) is 11.5 Å². The summed E-state index contributed by atoms with van der Waals surface area (Å²) in [6.07, 6.45) is 5.28. The predicted molar refractivity (Wildman–Crippen MR) is 63.4 cm³/mol. The smallest absolute Gasteiger partial charge is 0.180 e. The SMILES string of the molecule is NCc1cccn2nc(C3CCCCO3)nc12. The minimum absolute atomic E-state index is 0.0503. The Balaban J connectivity index is 2.00. The van der Waals surface area contributed by atoms with Gasteiger partial charge in [0.05, 0.1) is 0 Å². The molecule has 0 bridgehead atoms. The van der Waals surface area contributed by atoms with Crippen LogP contribution < -0.4 is 5.73 Å². The highest BCUT2D eigenvalue weighted by Gasteiger charge is 2.21. The van der Waals surface area contributed by atoms with Gasteiger partial charge in [-0.3, -0.25) is 0 Å². The molecule has 1 unspecified atom stereocenters. The van der Waals surface area contributed by atoms with E-state index in [1.54, 1.807) is 4.52 Å². The molecule has 90 valence electrons. The average Bonchev–Trinajstić information content (AvgIpc) is 2.83. The van der Waals surface area contributed by atoms with E-state index in [2.05, 4.69) is 10.1 Å². The van der Waals surface area contributed by atoms with Gasteiger partial charge in [0.2, 0.25) is 0 Å². The lowest BCUT2D eigenvalue weighted by Gasteiger charge is -2.19. The number of rotatable bonds is 2. The monoisotopic (exact) mass is 232 g/mol. The van der Waals surface area contributed by atoms with E-state index in [9.17, 15) is 0 Å². The van der Waals surface area contributed by atoms with Gasteiger partial charge in [-0.1, -0.05) is 6.07 Å². The molecule has 3 rings (SSSR count). The van der Waals surface area contributed by atoms with E-state index < -0.39 is 0 Å². The Morgan fingerprint density at radius 2 is 2.41 bits per heavy atom. The second-order valence-electron chi connectivity index (χ2n) is 4.33.